The van der Waals surface area contributed by atoms with Crippen molar-refractivity contribution in [1.82, 2.24) is 39.3 Å². The standard InChI is InChI=1S/C23H20F3N9/c1-33(2)22-17(10-27-13-29-22)19-28-8-16-9-30-35(21(16)32-19)11-14-4-6-15(7-5-14)20-31-18(12-34(20)3)23(24,25)26/h4-10,12-13H,11H2,1-3H3. The minimum atomic E-state index is -4.49. The van der Waals surface area contributed by atoms with Crippen LogP contribution in [0.25, 0.3) is 33.8 Å². The highest BCUT2D eigenvalue weighted by atomic mass is 19.4. The van der Waals surface area contributed by atoms with Crippen molar-refractivity contribution >= 4 is 16.9 Å². The van der Waals surface area contributed by atoms with Gasteiger partial charge in [0.05, 0.1) is 23.7 Å². The summed E-state index contributed by atoms with van der Waals surface area (Å²) >= 11 is 0. The molecule has 0 amide bonds. The van der Waals surface area contributed by atoms with Gasteiger partial charge < -0.3 is 9.47 Å². The molecule has 0 unspecified atom stereocenters. The Morgan fingerprint density at radius 2 is 1.74 bits per heavy atom. The predicted octanol–water partition coefficient (Wildman–Crippen LogP) is 3.82. The monoisotopic (exact) mass is 479 g/mol. The Morgan fingerprint density at radius 1 is 0.971 bits per heavy atom. The van der Waals surface area contributed by atoms with Crippen LogP contribution in [-0.2, 0) is 19.8 Å². The molecule has 178 valence electrons. The zero-order valence-corrected chi connectivity index (χ0v) is 19.1. The lowest BCUT2D eigenvalue weighted by Crippen LogP contribution is -2.13. The molecule has 0 saturated carbocycles. The predicted molar refractivity (Wildman–Crippen MR) is 123 cm³/mol. The van der Waals surface area contributed by atoms with Crippen LogP contribution in [0.5, 0.6) is 0 Å². The molecule has 0 saturated heterocycles. The first-order chi connectivity index (χ1) is 16.7. The Kier molecular flexibility index (Phi) is 5.42. The van der Waals surface area contributed by atoms with E-state index < -0.39 is 11.9 Å². The number of hydrogen-bond donors (Lipinski definition) is 0. The zero-order chi connectivity index (χ0) is 24.7. The van der Waals surface area contributed by atoms with Crippen LogP contribution in [-0.4, -0.2) is 53.4 Å². The van der Waals surface area contributed by atoms with E-state index in [9.17, 15) is 13.2 Å². The maximum absolute atomic E-state index is 13.0. The summed E-state index contributed by atoms with van der Waals surface area (Å²) in [4.78, 5) is 23.2. The third-order valence-electron chi connectivity index (χ3n) is 5.44. The second-order valence-corrected chi connectivity index (χ2v) is 8.18. The molecule has 12 heteroatoms. The first-order valence-electron chi connectivity index (χ1n) is 10.6. The largest absolute Gasteiger partial charge is 0.434 e. The number of aryl methyl sites for hydroxylation is 1. The quantitative estimate of drug-likeness (QED) is 0.379. The summed E-state index contributed by atoms with van der Waals surface area (Å²) < 4.78 is 42.1. The number of halogens is 3. The third-order valence-corrected chi connectivity index (χ3v) is 5.44. The van der Waals surface area contributed by atoms with Gasteiger partial charge in [0.25, 0.3) is 0 Å². The summed E-state index contributed by atoms with van der Waals surface area (Å²) in [5.41, 5.74) is 1.92. The van der Waals surface area contributed by atoms with Gasteiger partial charge in [-0.2, -0.15) is 18.3 Å². The number of hydrogen-bond acceptors (Lipinski definition) is 7. The molecule has 5 aromatic rings. The first-order valence-corrected chi connectivity index (χ1v) is 10.6. The van der Waals surface area contributed by atoms with Gasteiger partial charge in [0.15, 0.2) is 17.2 Å². The third kappa shape index (κ3) is 4.29. The van der Waals surface area contributed by atoms with Crippen molar-refractivity contribution in [1.29, 1.82) is 0 Å². The Labute approximate surface area is 197 Å². The Hall–Kier alpha value is -4.35. The van der Waals surface area contributed by atoms with E-state index in [0.717, 1.165) is 17.1 Å². The van der Waals surface area contributed by atoms with E-state index in [1.165, 1.54) is 17.9 Å². The Morgan fingerprint density at radius 3 is 2.43 bits per heavy atom. The molecule has 4 aromatic heterocycles. The van der Waals surface area contributed by atoms with Crippen molar-refractivity contribution in [2.45, 2.75) is 12.7 Å². The highest BCUT2D eigenvalue weighted by Crippen LogP contribution is 2.31. The molecule has 0 spiro atoms. The minimum Gasteiger partial charge on any atom is -0.362 e. The topological polar surface area (TPSA) is 90.4 Å². The van der Waals surface area contributed by atoms with E-state index >= 15 is 0 Å². The number of nitrogens with zero attached hydrogens (tertiary/aromatic N) is 9. The van der Waals surface area contributed by atoms with Crippen molar-refractivity contribution in [3.8, 4) is 22.8 Å². The molecule has 0 aliphatic rings. The lowest BCUT2D eigenvalue weighted by molar-refractivity contribution is -0.140. The van der Waals surface area contributed by atoms with Crippen molar-refractivity contribution in [3.05, 3.63) is 66.6 Å². The number of alkyl halides is 3. The SMILES string of the molecule is CN(C)c1ncncc1-c1ncc2cnn(Cc3ccc(-c4nc(C(F)(F)F)cn4C)cc3)c2n1. The maximum Gasteiger partial charge on any atom is 0.434 e. The molecule has 9 nitrogen and oxygen atoms in total. The molecule has 4 heterocycles. The molecule has 0 radical (unpaired) electrons. The second kappa shape index (κ2) is 8.46. The van der Waals surface area contributed by atoms with E-state index in [1.807, 2.05) is 31.1 Å². The van der Waals surface area contributed by atoms with E-state index in [2.05, 4.69) is 25.0 Å². The van der Waals surface area contributed by atoms with E-state index in [0.29, 0.717) is 35.0 Å². The fraction of sp³-hybridized carbons (Fsp3) is 0.217. The summed E-state index contributed by atoms with van der Waals surface area (Å²) in [5.74, 6) is 1.42. The van der Waals surface area contributed by atoms with E-state index in [1.54, 1.807) is 35.4 Å². The molecule has 5 rings (SSSR count). The average molecular weight is 479 g/mol. The van der Waals surface area contributed by atoms with Crippen molar-refractivity contribution in [2.75, 3.05) is 19.0 Å². The van der Waals surface area contributed by atoms with Gasteiger partial charge in [-0.3, -0.25) is 0 Å². The van der Waals surface area contributed by atoms with Gasteiger partial charge >= 0.3 is 6.18 Å². The molecule has 0 bridgehead atoms. The van der Waals surface area contributed by atoms with Gasteiger partial charge in [-0.05, 0) is 5.56 Å². The number of benzene rings is 1. The van der Waals surface area contributed by atoms with Gasteiger partial charge in [0.1, 0.15) is 18.0 Å². The van der Waals surface area contributed by atoms with Crippen LogP contribution in [0.1, 0.15) is 11.3 Å². The molecule has 35 heavy (non-hydrogen) atoms. The molecule has 0 aliphatic carbocycles. The van der Waals surface area contributed by atoms with Crippen LogP contribution < -0.4 is 4.90 Å². The minimum absolute atomic E-state index is 0.243. The van der Waals surface area contributed by atoms with Crippen molar-refractivity contribution < 1.29 is 13.2 Å². The van der Waals surface area contributed by atoms with Crippen LogP contribution >= 0.6 is 0 Å². The molecular formula is C23H20F3N9. The zero-order valence-electron chi connectivity index (χ0n) is 19.1. The fourth-order valence-electron chi connectivity index (χ4n) is 3.75. The lowest BCUT2D eigenvalue weighted by Gasteiger charge is -2.14. The number of rotatable bonds is 5. The normalized spacial score (nSPS) is 11.8. The summed E-state index contributed by atoms with van der Waals surface area (Å²) in [5, 5.41) is 5.22. The molecular weight excluding hydrogens is 459 g/mol. The first kappa shape index (κ1) is 22.4. The summed E-state index contributed by atoms with van der Waals surface area (Å²) in [6.45, 7) is 0.417. The lowest BCUT2D eigenvalue weighted by atomic mass is 10.1. The molecule has 0 aliphatic heterocycles. The molecule has 0 fully saturated rings. The number of fused-ring (bicyclic) bond motifs is 1. The number of aromatic nitrogens is 8. The second-order valence-electron chi connectivity index (χ2n) is 8.18. The maximum atomic E-state index is 13.0. The summed E-state index contributed by atoms with van der Waals surface area (Å²) in [6.07, 6.45) is 3.03. The van der Waals surface area contributed by atoms with Crippen LogP contribution in [0, 0.1) is 0 Å². The van der Waals surface area contributed by atoms with Gasteiger partial charge in [0.2, 0.25) is 0 Å². The molecule has 0 atom stereocenters. The Balaban J connectivity index is 1.44. The average Bonchev–Trinajstić information content (AvgIpc) is 3.43. The van der Waals surface area contributed by atoms with Gasteiger partial charge in [-0.15, -0.1) is 0 Å². The van der Waals surface area contributed by atoms with Crippen LogP contribution in [0.2, 0.25) is 0 Å². The summed E-state index contributed by atoms with van der Waals surface area (Å²) in [6, 6.07) is 7.16. The highest BCUT2D eigenvalue weighted by Gasteiger charge is 2.34. The number of anilines is 1. The fourth-order valence-corrected chi connectivity index (χ4v) is 3.75. The number of imidazole rings is 1. The van der Waals surface area contributed by atoms with Gasteiger partial charge in [-0.1, -0.05) is 24.3 Å². The van der Waals surface area contributed by atoms with E-state index in [4.69, 9.17) is 4.98 Å². The van der Waals surface area contributed by atoms with Crippen molar-refractivity contribution in [3.63, 3.8) is 0 Å². The van der Waals surface area contributed by atoms with Gasteiger partial charge in [0, 0.05) is 45.3 Å². The highest BCUT2D eigenvalue weighted by molar-refractivity contribution is 5.78. The Bertz CT molecular complexity index is 1500. The van der Waals surface area contributed by atoms with Crippen LogP contribution in [0.4, 0.5) is 19.0 Å². The van der Waals surface area contributed by atoms with Gasteiger partial charge in [-0.25, -0.2) is 29.6 Å². The van der Waals surface area contributed by atoms with Crippen LogP contribution in [0.3, 0.4) is 0 Å². The van der Waals surface area contributed by atoms with Crippen molar-refractivity contribution in [2.24, 2.45) is 7.05 Å². The molecule has 0 N–H and O–H groups in total. The summed E-state index contributed by atoms with van der Waals surface area (Å²) in [7, 11) is 5.30. The van der Waals surface area contributed by atoms with Crippen LogP contribution in [0.15, 0.2) is 55.4 Å². The van der Waals surface area contributed by atoms with E-state index in [-0.39, 0.29) is 5.82 Å². The smallest absolute Gasteiger partial charge is 0.362 e. The molecule has 1 aromatic carbocycles.